The summed E-state index contributed by atoms with van der Waals surface area (Å²) in [4.78, 5) is 35.3. The van der Waals surface area contributed by atoms with Gasteiger partial charge in [0.25, 0.3) is 0 Å². The number of carbonyl (C=O) groups excluding carboxylic acids is 2. The quantitative estimate of drug-likeness (QED) is 0.604. The topological polar surface area (TPSA) is 95.9 Å². The van der Waals surface area contributed by atoms with Crippen LogP contribution in [0.4, 0.5) is 4.79 Å². The summed E-state index contributed by atoms with van der Waals surface area (Å²) in [6, 6.07) is -0.749. The van der Waals surface area contributed by atoms with E-state index in [0.717, 1.165) is 0 Å². The van der Waals surface area contributed by atoms with Gasteiger partial charge in [-0.2, -0.15) is 11.8 Å². The van der Waals surface area contributed by atoms with Crippen LogP contribution in [-0.2, 0) is 14.3 Å². The molecule has 0 rings (SSSR count). The zero-order valence-corrected chi connectivity index (χ0v) is 12.4. The number of rotatable bonds is 9. The number of carboxylic acid groups (broad SMARTS) is 1. The number of amides is 2. The lowest BCUT2D eigenvalue weighted by atomic mass is 10.3. The highest BCUT2D eigenvalue weighted by Gasteiger charge is 2.24. The number of nitrogens with zero attached hydrogens (tertiary/aromatic N) is 1. The van der Waals surface area contributed by atoms with Gasteiger partial charge < -0.3 is 20.1 Å². The Hall–Kier alpha value is -1.70. The third kappa shape index (κ3) is 7.67. The number of carbonyl (C=O) groups is 3. The predicted octanol–water partition coefficient (Wildman–Crippen LogP) is 0.563. The number of hydrogen-bond acceptors (Lipinski definition) is 5. The van der Waals surface area contributed by atoms with Crippen LogP contribution in [0.25, 0.3) is 0 Å². The van der Waals surface area contributed by atoms with Crippen LogP contribution in [0.15, 0.2) is 12.7 Å². The number of likely N-dealkylation sites (N-methyl/N-ethyl adjacent to an activating group) is 1. The highest BCUT2D eigenvalue weighted by Crippen LogP contribution is 2.03. The number of hydrogen-bond donors (Lipinski definition) is 2. The molecule has 0 heterocycles. The minimum absolute atomic E-state index is 0.0564. The SMILES string of the molecule is C=CCOC(=O)NC(CSC)C(=O)N(C)CCC(=O)O. The summed E-state index contributed by atoms with van der Waals surface area (Å²) in [6.45, 7) is 3.55. The molecule has 0 aromatic carbocycles. The first-order valence-electron chi connectivity index (χ1n) is 5.92. The first-order valence-corrected chi connectivity index (χ1v) is 7.31. The van der Waals surface area contributed by atoms with Gasteiger partial charge in [0.05, 0.1) is 6.42 Å². The third-order valence-electron chi connectivity index (χ3n) is 2.29. The van der Waals surface area contributed by atoms with E-state index in [2.05, 4.69) is 11.9 Å². The van der Waals surface area contributed by atoms with Crippen molar-refractivity contribution in [3.8, 4) is 0 Å². The maximum absolute atomic E-state index is 12.1. The highest BCUT2D eigenvalue weighted by atomic mass is 32.2. The van der Waals surface area contributed by atoms with Gasteiger partial charge >= 0.3 is 12.1 Å². The molecule has 0 aliphatic heterocycles. The second-order valence-electron chi connectivity index (χ2n) is 3.94. The fraction of sp³-hybridized carbons (Fsp3) is 0.583. The van der Waals surface area contributed by atoms with Crippen LogP contribution >= 0.6 is 11.8 Å². The van der Waals surface area contributed by atoms with E-state index in [0.29, 0.717) is 5.75 Å². The average Bonchev–Trinajstić information content (AvgIpc) is 2.41. The number of nitrogens with one attached hydrogen (secondary N) is 1. The summed E-state index contributed by atoms with van der Waals surface area (Å²) in [5.74, 6) is -0.958. The Morgan fingerprint density at radius 2 is 2.15 bits per heavy atom. The molecule has 0 spiro atoms. The largest absolute Gasteiger partial charge is 0.481 e. The molecule has 114 valence electrons. The first kappa shape index (κ1) is 18.3. The summed E-state index contributed by atoms with van der Waals surface area (Å²) in [6.07, 6.45) is 2.37. The summed E-state index contributed by atoms with van der Waals surface area (Å²) < 4.78 is 4.75. The molecule has 2 amide bonds. The third-order valence-corrected chi connectivity index (χ3v) is 2.96. The van der Waals surface area contributed by atoms with Crippen molar-refractivity contribution in [2.75, 3.05) is 32.2 Å². The van der Waals surface area contributed by atoms with Gasteiger partial charge in [-0.05, 0) is 6.26 Å². The Labute approximate surface area is 122 Å². The van der Waals surface area contributed by atoms with Crippen LogP contribution in [-0.4, -0.2) is 66.2 Å². The monoisotopic (exact) mass is 304 g/mol. The van der Waals surface area contributed by atoms with Crippen molar-refractivity contribution < 1.29 is 24.2 Å². The molecule has 0 aliphatic carbocycles. The second-order valence-corrected chi connectivity index (χ2v) is 4.85. The van der Waals surface area contributed by atoms with Crippen molar-refractivity contribution in [3.63, 3.8) is 0 Å². The summed E-state index contributed by atoms with van der Waals surface area (Å²) in [5, 5.41) is 11.0. The van der Waals surface area contributed by atoms with Crippen molar-refractivity contribution in [1.29, 1.82) is 0 Å². The van der Waals surface area contributed by atoms with Crippen molar-refractivity contribution in [2.24, 2.45) is 0 Å². The fourth-order valence-electron chi connectivity index (χ4n) is 1.30. The average molecular weight is 304 g/mol. The van der Waals surface area contributed by atoms with Crippen molar-refractivity contribution in [1.82, 2.24) is 10.2 Å². The van der Waals surface area contributed by atoms with Crippen molar-refractivity contribution in [3.05, 3.63) is 12.7 Å². The Kier molecular flexibility index (Phi) is 9.27. The summed E-state index contributed by atoms with van der Waals surface area (Å²) in [5.41, 5.74) is 0. The molecule has 0 aromatic rings. The summed E-state index contributed by atoms with van der Waals surface area (Å²) in [7, 11) is 1.50. The maximum atomic E-state index is 12.1. The number of carboxylic acids is 1. The normalized spacial score (nSPS) is 11.3. The summed E-state index contributed by atoms with van der Waals surface area (Å²) >= 11 is 1.39. The molecule has 2 N–H and O–H groups in total. The van der Waals surface area contributed by atoms with E-state index in [1.165, 1.54) is 29.8 Å². The van der Waals surface area contributed by atoms with Crippen LogP contribution in [0.5, 0.6) is 0 Å². The predicted molar refractivity (Wildman–Crippen MR) is 76.7 cm³/mol. The molecule has 0 aliphatic rings. The zero-order chi connectivity index (χ0) is 15.5. The first-order chi connectivity index (χ1) is 9.42. The molecule has 0 saturated carbocycles. The van der Waals surface area contributed by atoms with Crippen LogP contribution in [0, 0.1) is 0 Å². The zero-order valence-electron chi connectivity index (χ0n) is 11.6. The Morgan fingerprint density at radius 1 is 1.50 bits per heavy atom. The molecule has 1 atom stereocenters. The van der Waals surface area contributed by atoms with Gasteiger partial charge in [0.1, 0.15) is 12.6 Å². The van der Waals surface area contributed by atoms with Gasteiger partial charge in [-0.15, -0.1) is 0 Å². The minimum atomic E-state index is -0.982. The number of ether oxygens (including phenoxy) is 1. The number of aliphatic carboxylic acids is 1. The van der Waals surface area contributed by atoms with E-state index in [1.54, 1.807) is 6.26 Å². The minimum Gasteiger partial charge on any atom is -0.481 e. The molecule has 0 aromatic heterocycles. The van der Waals surface area contributed by atoms with Crippen LogP contribution in [0.3, 0.4) is 0 Å². The fourth-order valence-corrected chi connectivity index (χ4v) is 1.86. The molecule has 0 saturated heterocycles. The lowest BCUT2D eigenvalue weighted by Crippen LogP contribution is -2.49. The molecule has 1 unspecified atom stereocenters. The van der Waals surface area contributed by atoms with E-state index in [1.807, 2.05) is 0 Å². The smallest absolute Gasteiger partial charge is 0.408 e. The molecule has 0 fully saturated rings. The molecule has 20 heavy (non-hydrogen) atoms. The van der Waals surface area contributed by atoms with Crippen molar-refractivity contribution in [2.45, 2.75) is 12.5 Å². The van der Waals surface area contributed by atoms with Gasteiger partial charge in [0.2, 0.25) is 5.91 Å². The Balaban J connectivity index is 4.47. The second kappa shape index (κ2) is 10.1. The van der Waals surface area contributed by atoms with Crippen molar-refractivity contribution >= 4 is 29.7 Å². The molecular weight excluding hydrogens is 284 g/mol. The van der Waals surface area contributed by atoms with E-state index in [-0.39, 0.29) is 25.5 Å². The van der Waals surface area contributed by atoms with Gasteiger partial charge in [-0.25, -0.2) is 4.79 Å². The van der Waals surface area contributed by atoms with E-state index in [4.69, 9.17) is 9.84 Å². The van der Waals surface area contributed by atoms with E-state index in [9.17, 15) is 14.4 Å². The highest BCUT2D eigenvalue weighted by molar-refractivity contribution is 7.98. The molecule has 7 nitrogen and oxygen atoms in total. The molecule has 0 bridgehead atoms. The van der Waals surface area contributed by atoms with Crippen LogP contribution in [0.2, 0.25) is 0 Å². The van der Waals surface area contributed by atoms with Gasteiger partial charge in [0.15, 0.2) is 0 Å². The van der Waals surface area contributed by atoms with Gasteiger partial charge in [-0.3, -0.25) is 9.59 Å². The van der Waals surface area contributed by atoms with Crippen LogP contribution < -0.4 is 5.32 Å². The molecule has 0 radical (unpaired) electrons. The van der Waals surface area contributed by atoms with Gasteiger partial charge in [0, 0.05) is 19.3 Å². The number of thioether (sulfide) groups is 1. The standard InChI is InChI=1S/C12H20N2O5S/c1-4-7-19-12(18)13-9(8-20-3)11(17)14(2)6-5-10(15)16/h4,9H,1,5-8H2,2-3H3,(H,13,18)(H,15,16). The molecular formula is C12H20N2O5S. The number of alkyl carbamates (subject to hydrolysis) is 1. The van der Waals surface area contributed by atoms with Gasteiger partial charge in [-0.1, -0.05) is 12.7 Å². The van der Waals surface area contributed by atoms with E-state index >= 15 is 0 Å². The van der Waals surface area contributed by atoms with E-state index < -0.39 is 18.1 Å². The Morgan fingerprint density at radius 3 is 2.65 bits per heavy atom. The maximum Gasteiger partial charge on any atom is 0.408 e. The van der Waals surface area contributed by atoms with Crippen LogP contribution in [0.1, 0.15) is 6.42 Å². The lowest BCUT2D eigenvalue weighted by Gasteiger charge is -2.23. The lowest BCUT2D eigenvalue weighted by molar-refractivity contribution is -0.138. The molecule has 8 heteroatoms. The Bertz CT molecular complexity index is 362.